The Kier molecular flexibility index (Phi) is 3.94. The summed E-state index contributed by atoms with van der Waals surface area (Å²) in [7, 11) is 0. The van der Waals surface area contributed by atoms with Crippen LogP contribution in [0, 0.1) is 5.41 Å². The molecule has 0 rings (SSSR count). The molecule has 0 aliphatic rings. The van der Waals surface area contributed by atoms with Crippen molar-refractivity contribution in [2.75, 3.05) is 0 Å². The van der Waals surface area contributed by atoms with E-state index in [4.69, 9.17) is 0 Å². The van der Waals surface area contributed by atoms with Crippen LogP contribution in [0.5, 0.6) is 0 Å². The largest absolute Gasteiger partial charge is 0.294 e. The molecule has 1 nitrogen and oxygen atoms in total. The van der Waals surface area contributed by atoms with Gasteiger partial charge >= 0.3 is 0 Å². The first-order valence-electron chi connectivity index (χ1n) is 4.20. The minimum atomic E-state index is -0.258. The van der Waals surface area contributed by atoms with Gasteiger partial charge in [0.15, 0.2) is 5.78 Å². The van der Waals surface area contributed by atoms with E-state index in [0.717, 1.165) is 0 Å². The SMILES string of the molecule is CC(C)=C/C=C/C(=O)C(C)(C)C. The highest BCUT2D eigenvalue weighted by molar-refractivity contribution is 5.94. The van der Waals surface area contributed by atoms with Crippen LogP contribution in [-0.4, -0.2) is 5.78 Å². The van der Waals surface area contributed by atoms with Gasteiger partial charge in [0.2, 0.25) is 0 Å². The number of hydrogen-bond acceptors (Lipinski definition) is 1. The van der Waals surface area contributed by atoms with E-state index in [2.05, 4.69) is 0 Å². The second kappa shape index (κ2) is 4.24. The highest BCUT2D eigenvalue weighted by Crippen LogP contribution is 2.14. The molecule has 0 aliphatic carbocycles. The maximum atomic E-state index is 11.3. The van der Waals surface area contributed by atoms with Gasteiger partial charge in [0.05, 0.1) is 0 Å². The predicted octanol–water partition coefficient (Wildman–Crippen LogP) is 3.12. The molecular weight excluding hydrogens is 148 g/mol. The summed E-state index contributed by atoms with van der Waals surface area (Å²) in [5.41, 5.74) is 0.944. The molecule has 0 aromatic heterocycles. The Bertz CT molecular complexity index is 210. The lowest BCUT2D eigenvalue weighted by Crippen LogP contribution is -2.17. The van der Waals surface area contributed by atoms with Crippen LogP contribution in [0.15, 0.2) is 23.8 Å². The summed E-state index contributed by atoms with van der Waals surface area (Å²) < 4.78 is 0. The van der Waals surface area contributed by atoms with E-state index in [0.29, 0.717) is 0 Å². The maximum Gasteiger partial charge on any atom is 0.160 e. The van der Waals surface area contributed by atoms with Gasteiger partial charge in [0, 0.05) is 5.41 Å². The predicted molar refractivity (Wildman–Crippen MR) is 53.0 cm³/mol. The summed E-state index contributed by atoms with van der Waals surface area (Å²) in [4.78, 5) is 11.3. The van der Waals surface area contributed by atoms with E-state index in [1.807, 2.05) is 46.8 Å². The average molecular weight is 166 g/mol. The van der Waals surface area contributed by atoms with Gasteiger partial charge in [-0.25, -0.2) is 0 Å². The quantitative estimate of drug-likeness (QED) is 0.455. The van der Waals surface area contributed by atoms with Crippen LogP contribution in [0.1, 0.15) is 34.6 Å². The molecule has 0 bridgehead atoms. The van der Waals surface area contributed by atoms with E-state index in [-0.39, 0.29) is 11.2 Å². The van der Waals surface area contributed by atoms with E-state index >= 15 is 0 Å². The smallest absolute Gasteiger partial charge is 0.160 e. The number of rotatable bonds is 2. The normalized spacial score (nSPS) is 11.8. The van der Waals surface area contributed by atoms with Crippen molar-refractivity contribution in [3.05, 3.63) is 23.8 Å². The highest BCUT2D eigenvalue weighted by Gasteiger charge is 2.17. The first-order valence-corrected chi connectivity index (χ1v) is 4.20. The Hall–Kier alpha value is -0.850. The third kappa shape index (κ3) is 4.89. The third-order valence-electron chi connectivity index (χ3n) is 1.42. The number of ketones is 1. The first-order chi connectivity index (χ1) is 5.34. The van der Waals surface area contributed by atoms with Gasteiger partial charge in [-0.15, -0.1) is 0 Å². The van der Waals surface area contributed by atoms with Crippen molar-refractivity contribution in [3.8, 4) is 0 Å². The van der Waals surface area contributed by atoms with Crippen LogP contribution in [0.4, 0.5) is 0 Å². The van der Waals surface area contributed by atoms with Gasteiger partial charge in [-0.3, -0.25) is 4.79 Å². The van der Waals surface area contributed by atoms with Crippen molar-refractivity contribution in [2.45, 2.75) is 34.6 Å². The van der Waals surface area contributed by atoms with Gasteiger partial charge in [0.25, 0.3) is 0 Å². The van der Waals surface area contributed by atoms with Crippen molar-refractivity contribution in [1.82, 2.24) is 0 Å². The molecule has 0 N–H and O–H groups in total. The summed E-state index contributed by atoms with van der Waals surface area (Å²) in [5.74, 6) is 0.167. The summed E-state index contributed by atoms with van der Waals surface area (Å²) in [6, 6.07) is 0. The standard InChI is InChI=1S/C11H18O/c1-9(2)7-6-8-10(12)11(3,4)5/h6-8H,1-5H3/b8-6+. The van der Waals surface area contributed by atoms with Crippen molar-refractivity contribution >= 4 is 5.78 Å². The Morgan fingerprint density at radius 3 is 2.00 bits per heavy atom. The van der Waals surface area contributed by atoms with Gasteiger partial charge in [-0.2, -0.15) is 0 Å². The zero-order valence-corrected chi connectivity index (χ0v) is 8.64. The van der Waals surface area contributed by atoms with Crippen LogP contribution in [-0.2, 0) is 4.79 Å². The third-order valence-corrected chi connectivity index (χ3v) is 1.42. The molecule has 0 atom stereocenters. The van der Waals surface area contributed by atoms with Crippen LogP contribution in [0.2, 0.25) is 0 Å². The number of carbonyl (C=O) groups excluding carboxylic acids is 1. The molecule has 0 heterocycles. The molecule has 0 unspecified atom stereocenters. The van der Waals surface area contributed by atoms with Crippen LogP contribution in [0.3, 0.4) is 0 Å². The Balaban J connectivity index is 4.20. The topological polar surface area (TPSA) is 17.1 Å². The number of carbonyl (C=O) groups is 1. The molecule has 0 saturated carbocycles. The van der Waals surface area contributed by atoms with Gasteiger partial charge in [-0.05, 0) is 19.9 Å². The summed E-state index contributed by atoms with van der Waals surface area (Å²) in [6.45, 7) is 9.77. The van der Waals surface area contributed by atoms with Crippen molar-refractivity contribution in [2.24, 2.45) is 5.41 Å². The molecular formula is C11H18O. The zero-order chi connectivity index (χ0) is 9.78. The molecule has 0 aromatic rings. The molecule has 0 radical (unpaired) electrons. The summed E-state index contributed by atoms with van der Waals surface area (Å²) >= 11 is 0. The van der Waals surface area contributed by atoms with Gasteiger partial charge in [-0.1, -0.05) is 38.5 Å². The fraction of sp³-hybridized carbons (Fsp3) is 0.545. The Morgan fingerprint density at radius 2 is 1.67 bits per heavy atom. The second-order valence-electron chi connectivity index (χ2n) is 4.22. The Labute approximate surface area is 75.2 Å². The summed E-state index contributed by atoms with van der Waals surface area (Å²) in [5, 5.41) is 0. The van der Waals surface area contributed by atoms with Crippen molar-refractivity contribution in [1.29, 1.82) is 0 Å². The highest BCUT2D eigenvalue weighted by atomic mass is 16.1. The molecule has 68 valence electrons. The molecule has 0 saturated heterocycles. The van der Waals surface area contributed by atoms with Gasteiger partial charge < -0.3 is 0 Å². The minimum Gasteiger partial charge on any atom is -0.294 e. The first kappa shape index (κ1) is 11.2. The fourth-order valence-corrected chi connectivity index (χ4v) is 0.578. The van der Waals surface area contributed by atoms with Gasteiger partial charge in [0.1, 0.15) is 0 Å². The van der Waals surface area contributed by atoms with E-state index < -0.39 is 0 Å². The van der Waals surface area contributed by atoms with Crippen molar-refractivity contribution < 1.29 is 4.79 Å². The molecule has 0 spiro atoms. The monoisotopic (exact) mass is 166 g/mol. The molecule has 0 fully saturated rings. The minimum absolute atomic E-state index is 0.167. The Morgan fingerprint density at radius 1 is 1.17 bits per heavy atom. The molecule has 0 aliphatic heterocycles. The zero-order valence-electron chi connectivity index (χ0n) is 8.64. The van der Waals surface area contributed by atoms with Crippen molar-refractivity contribution in [3.63, 3.8) is 0 Å². The lowest BCUT2D eigenvalue weighted by molar-refractivity contribution is -0.121. The van der Waals surface area contributed by atoms with E-state index in [1.54, 1.807) is 6.08 Å². The molecule has 1 heteroatoms. The summed E-state index contributed by atoms with van der Waals surface area (Å²) in [6.07, 6.45) is 5.37. The molecule has 0 aromatic carbocycles. The molecule has 0 amide bonds. The number of allylic oxidation sites excluding steroid dienone is 4. The second-order valence-corrected chi connectivity index (χ2v) is 4.22. The van der Waals surface area contributed by atoms with E-state index in [1.165, 1.54) is 5.57 Å². The lowest BCUT2D eigenvalue weighted by Gasteiger charge is -2.12. The fourth-order valence-electron chi connectivity index (χ4n) is 0.578. The lowest BCUT2D eigenvalue weighted by atomic mass is 9.90. The maximum absolute atomic E-state index is 11.3. The molecule has 12 heavy (non-hydrogen) atoms. The van der Waals surface area contributed by atoms with Crippen LogP contribution >= 0.6 is 0 Å². The van der Waals surface area contributed by atoms with Crippen LogP contribution < -0.4 is 0 Å². The van der Waals surface area contributed by atoms with Crippen LogP contribution in [0.25, 0.3) is 0 Å². The average Bonchev–Trinajstić information content (AvgIpc) is 1.84. The van der Waals surface area contributed by atoms with E-state index in [9.17, 15) is 4.79 Å². The number of hydrogen-bond donors (Lipinski definition) is 0.